The van der Waals surface area contributed by atoms with Crippen LogP contribution in [0.25, 0.3) is 0 Å². The molecule has 164 valence electrons. The van der Waals surface area contributed by atoms with Crippen LogP contribution >= 0.6 is 0 Å². The summed E-state index contributed by atoms with van der Waals surface area (Å²) in [6, 6.07) is 11.0. The molecule has 0 aromatic heterocycles. The molecule has 0 radical (unpaired) electrons. The predicted molar refractivity (Wildman–Crippen MR) is 112 cm³/mol. The van der Waals surface area contributed by atoms with Gasteiger partial charge in [0.2, 0.25) is 0 Å². The van der Waals surface area contributed by atoms with E-state index in [0.717, 1.165) is 25.9 Å². The van der Waals surface area contributed by atoms with Crippen molar-refractivity contribution in [3.63, 3.8) is 0 Å². The first kappa shape index (κ1) is 21.1. The number of nitrogens with zero attached hydrogens (tertiary/aromatic N) is 1. The molecule has 2 aromatic carbocycles. The monoisotopic (exact) mass is 428 g/mol. The van der Waals surface area contributed by atoms with Gasteiger partial charge in [0.05, 0.1) is 5.69 Å². The van der Waals surface area contributed by atoms with Crippen LogP contribution in [0.1, 0.15) is 23.2 Å². The molecule has 31 heavy (non-hydrogen) atoms. The third kappa shape index (κ3) is 5.32. The minimum atomic E-state index is -0.552. The second-order valence-electron chi connectivity index (χ2n) is 7.58. The number of ketones is 1. The maximum atomic E-state index is 13.0. The van der Waals surface area contributed by atoms with Gasteiger partial charge >= 0.3 is 6.09 Å². The van der Waals surface area contributed by atoms with E-state index < -0.39 is 6.09 Å². The maximum Gasteiger partial charge on any atom is 0.411 e. The summed E-state index contributed by atoms with van der Waals surface area (Å²) in [7, 11) is 0. The zero-order chi connectivity index (χ0) is 21.6. The fourth-order valence-electron chi connectivity index (χ4n) is 3.85. The van der Waals surface area contributed by atoms with Gasteiger partial charge in [0.15, 0.2) is 17.3 Å². The van der Waals surface area contributed by atoms with Gasteiger partial charge in [-0.25, -0.2) is 9.18 Å². The summed E-state index contributed by atoms with van der Waals surface area (Å²) in [4.78, 5) is 26.9. The highest BCUT2D eigenvalue weighted by Crippen LogP contribution is 2.37. The molecule has 0 aliphatic carbocycles. The number of amides is 1. The topological polar surface area (TPSA) is 77.1 Å². The Morgan fingerprint density at radius 2 is 1.81 bits per heavy atom. The minimum Gasteiger partial charge on any atom is -0.486 e. The van der Waals surface area contributed by atoms with Crippen molar-refractivity contribution in [2.45, 2.75) is 12.8 Å². The van der Waals surface area contributed by atoms with Gasteiger partial charge < -0.3 is 14.2 Å². The summed E-state index contributed by atoms with van der Waals surface area (Å²) in [6.07, 6.45) is 0.912. The van der Waals surface area contributed by atoms with Gasteiger partial charge in [0.25, 0.3) is 0 Å². The summed E-state index contributed by atoms with van der Waals surface area (Å²) >= 11 is 0. The molecule has 8 heteroatoms. The van der Waals surface area contributed by atoms with Crippen molar-refractivity contribution in [3.8, 4) is 11.5 Å². The molecule has 7 nitrogen and oxygen atoms in total. The first-order valence-electron chi connectivity index (χ1n) is 10.4. The molecule has 1 N–H and O–H groups in total. The fraction of sp³-hybridized carbons (Fsp3) is 0.391. The van der Waals surface area contributed by atoms with Gasteiger partial charge in [0.1, 0.15) is 25.6 Å². The molecule has 2 aliphatic rings. The molecular weight excluding hydrogens is 403 g/mol. The third-order valence-corrected chi connectivity index (χ3v) is 5.53. The molecule has 2 heterocycles. The highest BCUT2D eigenvalue weighted by molar-refractivity contribution is 5.97. The van der Waals surface area contributed by atoms with Gasteiger partial charge in [-0.1, -0.05) is 6.07 Å². The van der Waals surface area contributed by atoms with E-state index >= 15 is 0 Å². The number of nitrogens with one attached hydrogen (secondary N) is 1. The summed E-state index contributed by atoms with van der Waals surface area (Å²) in [6.45, 7) is 3.25. The van der Waals surface area contributed by atoms with Crippen LogP contribution in [0.4, 0.5) is 14.9 Å². The first-order valence-corrected chi connectivity index (χ1v) is 10.4. The zero-order valence-corrected chi connectivity index (χ0v) is 17.1. The van der Waals surface area contributed by atoms with E-state index in [1.54, 1.807) is 18.2 Å². The van der Waals surface area contributed by atoms with Crippen molar-refractivity contribution in [2.75, 3.05) is 44.8 Å². The van der Waals surface area contributed by atoms with Crippen molar-refractivity contribution in [3.05, 3.63) is 53.8 Å². The van der Waals surface area contributed by atoms with Crippen molar-refractivity contribution in [1.82, 2.24) is 4.90 Å². The number of likely N-dealkylation sites (tertiary alicyclic amines) is 1. The van der Waals surface area contributed by atoms with Gasteiger partial charge in [0, 0.05) is 18.0 Å². The number of para-hydroxylation sites is 1. The van der Waals surface area contributed by atoms with Gasteiger partial charge in [-0.3, -0.25) is 15.0 Å². The molecule has 0 unspecified atom stereocenters. The lowest BCUT2D eigenvalue weighted by Crippen LogP contribution is -2.38. The number of anilines is 1. The second-order valence-corrected chi connectivity index (χ2v) is 7.58. The summed E-state index contributed by atoms with van der Waals surface area (Å²) in [5.41, 5.74) is 1.07. The van der Waals surface area contributed by atoms with E-state index in [1.165, 1.54) is 24.3 Å². The van der Waals surface area contributed by atoms with Crippen molar-refractivity contribution < 1.29 is 28.2 Å². The Bertz CT molecular complexity index is 926. The number of piperidine rings is 1. The lowest BCUT2D eigenvalue weighted by Gasteiger charge is -2.31. The Kier molecular flexibility index (Phi) is 6.66. The maximum absolute atomic E-state index is 13.0. The fourth-order valence-corrected chi connectivity index (χ4v) is 3.85. The Hall–Kier alpha value is -3.13. The van der Waals surface area contributed by atoms with Crippen LogP contribution < -0.4 is 14.8 Å². The minimum absolute atomic E-state index is 0.0580. The predicted octanol–water partition coefficient (Wildman–Crippen LogP) is 3.74. The largest absolute Gasteiger partial charge is 0.486 e. The van der Waals surface area contributed by atoms with Crippen LogP contribution in [0.15, 0.2) is 42.5 Å². The number of carbonyl (C=O) groups excluding carboxylic acids is 2. The van der Waals surface area contributed by atoms with Gasteiger partial charge in [-0.05, 0) is 62.3 Å². The van der Waals surface area contributed by atoms with Gasteiger partial charge in [-0.2, -0.15) is 0 Å². The lowest BCUT2D eigenvalue weighted by molar-refractivity contribution is 0.0813. The number of Topliss-reactive ketones (excluding diaryl/α,β-unsaturated/α-hetero) is 1. The molecule has 4 rings (SSSR count). The third-order valence-electron chi connectivity index (χ3n) is 5.53. The Balaban J connectivity index is 1.19. The summed E-state index contributed by atoms with van der Waals surface area (Å²) in [5.74, 6) is 0.772. The highest BCUT2D eigenvalue weighted by Gasteiger charge is 2.26. The number of fused-ring (bicyclic) bond motifs is 1. The molecule has 1 fully saturated rings. The van der Waals surface area contributed by atoms with Crippen LogP contribution in [0, 0.1) is 11.7 Å². The number of hydrogen-bond acceptors (Lipinski definition) is 6. The standard InChI is InChI=1S/C23H25FN2O5/c24-18-6-4-16(5-7-18)21(27)17-8-10-26(11-9-17)12-13-31-23(28)25-19-2-1-3-20-22(19)30-15-14-29-20/h1-7,17H,8-15H2,(H,25,28). The number of rotatable bonds is 6. The molecular formula is C23H25FN2O5. The average molecular weight is 428 g/mol. The Morgan fingerprint density at radius 3 is 2.58 bits per heavy atom. The zero-order valence-electron chi connectivity index (χ0n) is 17.1. The molecule has 1 amide bonds. The normalized spacial score (nSPS) is 16.5. The average Bonchev–Trinajstić information content (AvgIpc) is 2.80. The summed E-state index contributed by atoms with van der Waals surface area (Å²) < 4.78 is 29.4. The smallest absolute Gasteiger partial charge is 0.411 e. The lowest BCUT2D eigenvalue weighted by atomic mass is 9.89. The van der Waals surface area contributed by atoms with Crippen molar-refractivity contribution in [1.29, 1.82) is 0 Å². The quantitative estimate of drug-likeness (QED) is 0.707. The number of hydrogen-bond donors (Lipinski definition) is 1. The van der Waals surface area contributed by atoms with Crippen molar-refractivity contribution >= 4 is 17.6 Å². The van der Waals surface area contributed by atoms with Crippen LogP contribution in [-0.4, -0.2) is 56.2 Å². The number of benzene rings is 2. The number of carbonyl (C=O) groups is 2. The molecule has 0 bridgehead atoms. The van der Waals surface area contributed by atoms with E-state index in [1.807, 2.05) is 0 Å². The number of halogens is 1. The number of ether oxygens (including phenoxy) is 3. The van der Waals surface area contributed by atoms with Gasteiger partial charge in [-0.15, -0.1) is 0 Å². The van der Waals surface area contributed by atoms with Crippen LogP contribution in [0.5, 0.6) is 11.5 Å². The highest BCUT2D eigenvalue weighted by atomic mass is 19.1. The van der Waals surface area contributed by atoms with E-state index in [-0.39, 0.29) is 24.1 Å². The summed E-state index contributed by atoms with van der Waals surface area (Å²) in [5, 5.41) is 2.70. The molecule has 0 saturated carbocycles. The molecule has 0 atom stereocenters. The van der Waals surface area contributed by atoms with E-state index in [9.17, 15) is 14.0 Å². The Morgan fingerprint density at radius 1 is 1.06 bits per heavy atom. The first-order chi connectivity index (χ1) is 15.1. The van der Waals surface area contributed by atoms with E-state index in [4.69, 9.17) is 14.2 Å². The molecule has 2 aliphatic heterocycles. The van der Waals surface area contributed by atoms with Crippen molar-refractivity contribution in [2.24, 2.45) is 5.92 Å². The van der Waals surface area contributed by atoms with Crippen LogP contribution in [-0.2, 0) is 4.74 Å². The molecule has 0 spiro atoms. The SMILES string of the molecule is O=C(Nc1cccc2c1OCCO2)OCCN1CCC(C(=O)c2ccc(F)cc2)CC1. The van der Waals surface area contributed by atoms with E-state index in [2.05, 4.69) is 10.2 Å². The molecule has 2 aromatic rings. The second kappa shape index (κ2) is 9.78. The van der Waals surface area contributed by atoms with Crippen LogP contribution in [0.3, 0.4) is 0 Å². The van der Waals surface area contributed by atoms with E-state index in [0.29, 0.717) is 42.5 Å². The van der Waals surface area contributed by atoms with Crippen LogP contribution in [0.2, 0.25) is 0 Å². The Labute approximate surface area is 180 Å². The molecule has 1 saturated heterocycles.